The van der Waals surface area contributed by atoms with Crippen molar-refractivity contribution < 1.29 is 15.0 Å². The van der Waals surface area contributed by atoms with Crippen LogP contribution in [0.5, 0.6) is 0 Å². The van der Waals surface area contributed by atoms with Crippen molar-refractivity contribution in [3.63, 3.8) is 0 Å². The van der Waals surface area contributed by atoms with E-state index in [4.69, 9.17) is 10.2 Å². The van der Waals surface area contributed by atoms with Crippen molar-refractivity contribution in [3.05, 3.63) is 24.6 Å². The normalized spacial score (nSPS) is 10.7. The minimum atomic E-state index is -0.835. The van der Waals surface area contributed by atoms with Crippen LogP contribution < -0.4 is 5.32 Å². The maximum Gasteiger partial charge on any atom is 0.322 e. The Balaban J connectivity index is 3.11. The van der Waals surface area contributed by atoms with Crippen LogP contribution in [0.1, 0.15) is 116 Å². The largest absolute Gasteiger partial charge is 0.513 e. The summed E-state index contributed by atoms with van der Waals surface area (Å²) in [5.74, 6) is -0.507. The number of carboxylic acids is 1. The highest BCUT2D eigenvalue weighted by molar-refractivity contribution is 5.69. The molecule has 0 aromatic rings. The average molecular weight is 396 g/mol. The molecule has 0 heterocycles. The number of allylic oxidation sites excluding steroid dienone is 2. The second kappa shape index (κ2) is 20.3. The van der Waals surface area contributed by atoms with Gasteiger partial charge in [0, 0.05) is 12.1 Å². The molecule has 0 radical (unpaired) electrons. The fourth-order valence-corrected chi connectivity index (χ4v) is 3.43. The van der Waals surface area contributed by atoms with Gasteiger partial charge in [0.2, 0.25) is 0 Å². The number of aliphatic hydroxyl groups is 1. The van der Waals surface area contributed by atoms with Crippen molar-refractivity contribution in [3.8, 4) is 0 Å². The van der Waals surface area contributed by atoms with Crippen molar-refractivity contribution >= 4 is 5.97 Å². The third kappa shape index (κ3) is 22.6. The third-order valence-electron chi connectivity index (χ3n) is 5.18. The van der Waals surface area contributed by atoms with Crippen LogP contribution in [0.2, 0.25) is 0 Å². The van der Waals surface area contributed by atoms with Crippen molar-refractivity contribution in [2.75, 3.05) is 6.54 Å². The van der Waals surface area contributed by atoms with Crippen LogP contribution in [0.25, 0.3) is 0 Å². The lowest BCUT2D eigenvalue weighted by Gasteiger charge is -2.07. The lowest BCUT2D eigenvalue weighted by molar-refractivity contribution is -0.135. The predicted octanol–water partition coefficient (Wildman–Crippen LogP) is 7.27. The summed E-state index contributed by atoms with van der Waals surface area (Å²) in [7, 11) is 0. The van der Waals surface area contributed by atoms with Crippen LogP contribution in [-0.2, 0) is 4.79 Å². The highest BCUT2D eigenvalue weighted by Crippen LogP contribution is 2.15. The van der Waals surface area contributed by atoms with Gasteiger partial charge in [-0.15, -0.1) is 0 Å². The molecular weight excluding hydrogens is 350 g/mol. The van der Waals surface area contributed by atoms with Crippen LogP contribution in [0.15, 0.2) is 24.6 Å². The minimum absolute atomic E-state index is 0.0267. The van der Waals surface area contributed by atoms with Gasteiger partial charge in [-0.05, 0) is 19.3 Å². The van der Waals surface area contributed by atoms with Crippen LogP contribution in [0, 0.1) is 0 Å². The Kier molecular flexibility index (Phi) is 19.2. The second-order valence-corrected chi connectivity index (χ2v) is 8.07. The monoisotopic (exact) mass is 395 g/mol. The minimum Gasteiger partial charge on any atom is -0.513 e. The molecule has 0 aliphatic heterocycles. The fraction of sp³-hybridized carbons (Fsp3) is 0.792. The molecule has 0 spiro atoms. The SMILES string of the molecule is C=C(O)CCCCCCCCCCCCCCCCCCC(=C)NCC(=O)O. The first kappa shape index (κ1) is 26.6. The van der Waals surface area contributed by atoms with E-state index < -0.39 is 5.97 Å². The zero-order valence-electron chi connectivity index (χ0n) is 18.2. The lowest BCUT2D eigenvalue weighted by atomic mass is 10.0. The molecule has 0 bridgehead atoms. The van der Waals surface area contributed by atoms with E-state index in [9.17, 15) is 4.79 Å². The smallest absolute Gasteiger partial charge is 0.322 e. The topological polar surface area (TPSA) is 69.6 Å². The van der Waals surface area contributed by atoms with Gasteiger partial charge in [0.1, 0.15) is 6.54 Å². The van der Waals surface area contributed by atoms with Crippen LogP contribution in [0.3, 0.4) is 0 Å². The summed E-state index contributed by atoms with van der Waals surface area (Å²) in [6, 6.07) is 0. The Morgan fingerprint density at radius 1 is 0.571 bits per heavy atom. The zero-order valence-corrected chi connectivity index (χ0v) is 18.2. The van der Waals surface area contributed by atoms with Crippen LogP contribution in [-0.4, -0.2) is 22.7 Å². The van der Waals surface area contributed by atoms with Gasteiger partial charge in [0.25, 0.3) is 0 Å². The Morgan fingerprint density at radius 3 is 1.21 bits per heavy atom. The zero-order chi connectivity index (χ0) is 20.9. The quantitative estimate of drug-likeness (QED) is 0.133. The Labute approximate surface area is 173 Å². The molecule has 0 saturated heterocycles. The number of carboxylic acid groups (broad SMARTS) is 1. The molecule has 0 aliphatic carbocycles. The summed E-state index contributed by atoms with van der Waals surface area (Å²) in [6.07, 6.45) is 22.4. The van der Waals surface area contributed by atoms with Crippen molar-refractivity contribution in [1.82, 2.24) is 5.32 Å². The summed E-state index contributed by atoms with van der Waals surface area (Å²) < 4.78 is 0. The molecule has 4 nitrogen and oxygen atoms in total. The standard InChI is InChI=1S/C24H45NO3/c1-22(25-21-24(27)28)19-17-15-13-11-9-7-5-3-4-6-8-10-12-14-16-18-20-23(2)26/h25-26H,1-21H2,(H,27,28). The van der Waals surface area contributed by atoms with Crippen molar-refractivity contribution in [2.45, 2.75) is 116 Å². The first-order chi connectivity index (χ1) is 13.5. The van der Waals surface area contributed by atoms with Gasteiger partial charge >= 0.3 is 5.97 Å². The molecule has 0 atom stereocenters. The third-order valence-corrected chi connectivity index (χ3v) is 5.18. The van der Waals surface area contributed by atoms with Gasteiger partial charge in [0.15, 0.2) is 0 Å². The number of aliphatic hydroxyl groups excluding tert-OH is 1. The molecule has 0 amide bonds. The molecule has 0 rings (SSSR count). The number of carbonyl (C=O) groups is 1. The maximum absolute atomic E-state index is 10.4. The van der Waals surface area contributed by atoms with E-state index in [0.29, 0.717) is 5.76 Å². The molecule has 28 heavy (non-hydrogen) atoms. The summed E-state index contributed by atoms with van der Waals surface area (Å²) in [5.41, 5.74) is 0.843. The molecule has 0 saturated carbocycles. The first-order valence-corrected chi connectivity index (χ1v) is 11.5. The fourth-order valence-electron chi connectivity index (χ4n) is 3.43. The molecule has 3 N–H and O–H groups in total. The number of hydrogen-bond donors (Lipinski definition) is 3. The Morgan fingerprint density at radius 2 is 0.893 bits per heavy atom. The van der Waals surface area contributed by atoms with Crippen molar-refractivity contribution in [1.29, 1.82) is 0 Å². The van der Waals surface area contributed by atoms with Gasteiger partial charge in [0.05, 0.1) is 5.76 Å². The Hall–Kier alpha value is -1.45. The van der Waals surface area contributed by atoms with E-state index in [1.807, 2.05) is 0 Å². The summed E-state index contributed by atoms with van der Waals surface area (Å²) in [4.78, 5) is 10.4. The molecule has 0 fully saturated rings. The molecule has 0 unspecified atom stereocenters. The number of rotatable bonds is 22. The van der Waals surface area contributed by atoms with Gasteiger partial charge in [-0.3, -0.25) is 4.79 Å². The lowest BCUT2D eigenvalue weighted by Crippen LogP contribution is -2.21. The highest BCUT2D eigenvalue weighted by atomic mass is 16.4. The first-order valence-electron chi connectivity index (χ1n) is 11.5. The van der Waals surface area contributed by atoms with Crippen molar-refractivity contribution in [2.24, 2.45) is 0 Å². The van der Waals surface area contributed by atoms with E-state index in [1.54, 1.807) is 0 Å². The Bertz CT molecular complexity index is 407. The summed E-state index contributed by atoms with van der Waals surface area (Å²) >= 11 is 0. The second-order valence-electron chi connectivity index (χ2n) is 8.07. The maximum atomic E-state index is 10.4. The number of aliphatic carboxylic acids is 1. The molecule has 4 heteroatoms. The van der Waals surface area contributed by atoms with Crippen LogP contribution >= 0.6 is 0 Å². The molecule has 0 aliphatic rings. The molecular formula is C24H45NO3. The van der Waals surface area contributed by atoms with Gasteiger partial charge in [-0.25, -0.2) is 0 Å². The number of unbranched alkanes of at least 4 members (excludes halogenated alkanes) is 15. The molecule has 0 aromatic heterocycles. The predicted molar refractivity (Wildman–Crippen MR) is 120 cm³/mol. The van der Waals surface area contributed by atoms with Gasteiger partial charge in [-0.2, -0.15) is 0 Å². The number of hydrogen-bond acceptors (Lipinski definition) is 3. The highest BCUT2D eigenvalue weighted by Gasteiger charge is 1.99. The summed E-state index contributed by atoms with van der Waals surface area (Å²) in [6.45, 7) is 7.35. The summed E-state index contributed by atoms with van der Waals surface area (Å²) in [5, 5.41) is 20.4. The number of nitrogens with one attached hydrogen (secondary N) is 1. The van der Waals surface area contributed by atoms with Gasteiger partial charge in [-0.1, -0.05) is 103 Å². The molecule has 164 valence electrons. The van der Waals surface area contributed by atoms with E-state index in [-0.39, 0.29) is 6.54 Å². The van der Waals surface area contributed by atoms with Crippen LogP contribution in [0.4, 0.5) is 0 Å². The van der Waals surface area contributed by atoms with E-state index in [2.05, 4.69) is 18.5 Å². The molecule has 0 aromatic carbocycles. The van der Waals surface area contributed by atoms with Gasteiger partial charge < -0.3 is 15.5 Å². The van der Waals surface area contributed by atoms with E-state index in [0.717, 1.165) is 31.4 Å². The van der Waals surface area contributed by atoms with E-state index in [1.165, 1.54) is 89.9 Å². The van der Waals surface area contributed by atoms with E-state index >= 15 is 0 Å². The average Bonchev–Trinajstić information content (AvgIpc) is 2.65.